The van der Waals surface area contributed by atoms with Gasteiger partial charge in [-0.15, -0.1) is 0 Å². The second-order valence-electron chi connectivity index (χ2n) is 5.45. The van der Waals surface area contributed by atoms with Crippen LogP contribution in [0.5, 0.6) is 0 Å². The van der Waals surface area contributed by atoms with Crippen molar-refractivity contribution in [3.63, 3.8) is 0 Å². The first-order chi connectivity index (χ1) is 10.1. The molecule has 1 atom stereocenters. The molecule has 1 aliphatic carbocycles. The summed E-state index contributed by atoms with van der Waals surface area (Å²) in [6.45, 7) is 0. The maximum Gasteiger partial charge on any atom is 0.316 e. The van der Waals surface area contributed by atoms with Crippen molar-refractivity contribution in [3.05, 3.63) is 29.6 Å². The second-order valence-corrected chi connectivity index (χ2v) is 5.45. The summed E-state index contributed by atoms with van der Waals surface area (Å²) in [7, 11) is 1.33. The van der Waals surface area contributed by atoms with Gasteiger partial charge in [-0.25, -0.2) is 13.8 Å². The van der Waals surface area contributed by atoms with E-state index in [1.54, 1.807) is 0 Å². The van der Waals surface area contributed by atoms with Crippen LogP contribution in [0.3, 0.4) is 0 Å². The minimum Gasteiger partial charge on any atom is -0.468 e. The molecule has 6 heteroatoms. The summed E-state index contributed by atoms with van der Waals surface area (Å²) in [6, 6.07) is 1.97. The number of aromatic amines is 1. The molecule has 1 fully saturated rings. The molecule has 0 bridgehead atoms. The molecule has 0 radical (unpaired) electrons. The second kappa shape index (κ2) is 5.42. The molecule has 1 saturated carbocycles. The Balaban J connectivity index is 2.06. The van der Waals surface area contributed by atoms with E-state index in [1.165, 1.54) is 13.2 Å². The first kappa shape index (κ1) is 14.0. The summed E-state index contributed by atoms with van der Waals surface area (Å²) < 4.78 is 31.9. The lowest BCUT2D eigenvalue weighted by atomic mass is 9.90. The monoisotopic (exact) mass is 294 g/mol. The third kappa shape index (κ3) is 2.50. The van der Waals surface area contributed by atoms with Crippen molar-refractivity contribution >= 4 is 17.0 Å². The third-order valence-electron chi connectivity index (χ3n) is 4.14. The van der Waals surface area contributed by atoms with E-state index >= 15 is 0 Å². The van der Waals surface area contributed by atoms with Gasteiger partial charge in [0.05, 0.1) is 12.6 Å². The highest BCUT2D eigenvalue weighted by Crippen LogP contribution is 2.37. The Bertz CT molecular complexity index is 678. The molecule has 0 spiro atoms. The minimum absolute atomic E-state index is 0.0540. The molecular formula is C15H16F2N2O2. The quantitative estimate of drug-likeness (QED) is 0.884. The fourth-order valence-corrected chi connectivity index (χ4v) is 3.15. The number of ether oxygens (including phenoxy) is 1. The van der Waals surface area contributed by atoms with Crippen molar-refractivity contribution in [2.45, 2.75) is 31.6 Å². The van der Waals surface area contributed by atoms with Crippen molar-refractivity contribution in [1.82, 2.24) is 9.97 Å². The van der Waals surface area contributed by atoms with E-state index in [0.29, 0.717) is 5.82 Å². The summed E-state index contributed by atoms with van der Waals surface area (Å²) in [5, 5.41) is 0. The molecule has 3 rings (SSSR count). The summed E-state index contributed by atoms with van der Waals surface area (Å²) in [4.78, 5) is 19.1. The van der Waals surface area contributed by atoms with Crippen molar-refractivity contribution in [2.24, 2.45) is 5.92 Å². The van der Waals surface area contributed by atoms with Crippen LogP contribution < -0.4 is 0 Å². The highest BCUT2D eigenvalue weighted by Gasteiger charge is 2.35. The molecule has 1 aliphatic rings. The van der Waals surface area contributed by atoms with E-state index in [9.17, 15) is 13.6 Å². The summed E-state index contributed by atoms with van der Waals surface area (Å²) >= 11 is 0. The van der Waals surface area contributed by atoms with E-state index < -0.39 is 17.6 Å². The molecule has 1 unspecified atom stereocenters. The fourth-order valence-electron chi connectivity index (χ4n) is 3.15. The molecule has 1 aromatic heterocycles. The van der Waals surface area contributed by atoms with Crippen LogP contribution >= 0.6 is 0 Å². The van der Waals surface area contributed by atoms with Gasteiger partial charge in [0.25, 0.3) is 0 Å². The Morgan fingerprint density at radius 1 is 1.38 bits per heavy atom. The number of fused-ring (bicyclic) bond motifs is 1. The number of methoxy groups -OCH3 is 1. The number of carbonyl (C=O) groups is 1. The Morgan fingerprint density at radius 2 is 2.10 bits per heavy atom. The van der Waals surface area contributed by atoms with Gasteiger partial charge in [-0.05, 0) is 24.8 Å². The van der Waals surface area contributed by atoms with Crippen LogP contribution in [-0.4, -0.2) is 23.0 Å². The van der Waals surface area contributed by atoms with Crippen LogP contribution in [0.25, 0.3) is 11.0 Å². The van der Waals surface area contributed by atoms with Crippen LogP contribution in [0.2, 0.25) is 0 Å². The predicted molar refractivity (Wildman–Crippen MR) is 72.7 cm³/mol. The number of hydrogen-bond acceptors (Lipinski definition) is 3. The molecule has 2 aromatic rings. The molecule has 0 aliphatic heterocycles. The van der Waals surface area contributed by atoms with Crippen LogP contribution in [0.1, 0.15) is 37.4 Å². The van der Waals surface area contributed by atoms with Crippen LogP contribution in [0.4, 0.5) is 8.78 Å². The van der Waals surface area contributed by atoms with Crippen molar-refractivity contribution in [3.8, 4) is 0 Å². The predicted octanol–water partition coefficient (Wildman–Crippen LogP) is 3.29. The number of nitrogens with one attached hydrogen (secondary N) is 1. The highest BCUT2D eigenvalue weighted by atomic mass is 19.1. The van der Waals surface area contributed by atoms with Gasteiger partial charge < -0.3 is 9.72 Å². The maximum absolute atomic E-state index is 13.7. The van der Waals surface area contributed by atoms with Crippen molar-refractivity contribution in [1.29, 1.82) is 0 Å². The minimum atomic E-state index is -0.734. The van der Waals surface area contributed by atoms with E-state index in [1.807, 2.05) is 0 Å². The molecule has 1 aromatic carbocycles. The zero-order chi connectivity index (χ0) is 15.0. The number of halogens is 2. The number of carbonyl (C=O) groups excluding carboxylic acids is 1. The van der Waals surface area contributed by atoms with E-state index in [2.05, 4.69) is 9.97 Å². The first-order valence-corrected chi connectivity index (χ1v) is 7.02. The third-order valence-corrected chi connectivity index (χ3v) is 4.14. The fraction of sp³-hybridized carbons (Fsp3) is 0.467. The van der Waals surface area contributed by atoms with Gasteiger partial charge in [0.15, 0.2) is 5.82 Å². The van der Waals surface area contributed by atoms with Gasteiger partial charge in [0.2, 0.25) is 0 Å². The number of H-pyrrole nitrogens is 1. The Labute approximate surface area is 120 Å². The number of hydrogen-bond donors (Lipinski definition) is 1. The van der Waals surface area contributed by atoms with Gasteiger partial charge in [-0.1, -0.05) is 12.8 Å². The zero-order valence-corrected chi connectivity index (χ0v) is 11.7. The van der Waals surface area contributed by atoms with Gasteiger partial charge in [0.1, 0.15) is 23.1 Å². The average Bonchev–Trinajstić information content (AvgIpc) is 3.08. The lowest BCUT2D eigenvalue weighted by Crippen LogP contribution is -2.22. The normalized spacial score (nSPS) is 17.3. The lowest BCUT2D eigenvalue weighted by molar-refractivity contribution is -0.144. The maximum atomic E-state index is 13.7. The van der Waals surface area contributed by atoms with Crippen molar-refractivity contribution in [2.75, 3.05) is 7.11 Å². The summed E-state index contributed by atoms with van der Waals surface area (Å²) in [5.41, 5.74) is 0.313. The highest BCUT2D eigenvalue weighted by molar-refractivity contribution is 5.81. The van der Waals surface area contributed by atoms with Crippen LogP contribution in [0.15, 0.2) is 12.1 Å². The number of aromatic nitrogens is 2. The number of benzene rings is 1. The molecule has 0 saturated heterocycles. The molecule has 0 amide bonds. The molecule has 1 heterocycles. The number of nitrogens with zero attached hydrogens (tertiary/aromatic N) is 1. The zero-order valence-electron chi connectivity index (χ0n) is 11.7. The Hall–Kier alpha value is -1.98. The van der Waals surface area contributed by atoms with Gasteiger partial charge in [0, 0.05) is 6.07 Å². The van der Waals surface area contributed by atoms with Crippen LogP contribution in [-0.2, 0) is 9.53 Å². The molecule has 1 N–H and O–H groups in total. The first-order valence-electron chi connectivity index (χ1n) is 7.02. The lowest BCUT2D eigenvalue weighted by Gasteiger charge is -2.18. The molecule has 4 nitrogen and oxygen atoms in total. The standard InChI is InChI=1S/C15H16F2N2O2/c1-21-15(20)12(8-4-2-3-5-8)14-18-11-7-9(16)6-10(17)13(11)19-14/h6-8,12H,2-5H2,1H3,(H,18,19). The van der Waals surface area contributed by atoms with Crippen LogP contribution in [0, 0.1) is 17.6 Å². The Kier molecular flexibility index (Phi) is 3.61. The molecular weight excluding hydrogens is 278 g/mol. The largest absolute Gasteiger partial charge is 0.468 e. The topological polar surface area (TPSA) is 55.0 Å². The smallest absolute Gasteiger partial charge is 0.316 e. The van der Waals surface area contributed by atoms with E-state index in [-0.39, 0.29) is 22.9 Å². The SMILES string of the molecule is COC(=O)C(c1nc2c(F)cc(F)cc2[nH]1)C1CCCC1. The average molecular weight is 294 g/mol. The van der Waals surface area contributed by atoms with E-state index in [0.717, 1.165) is 31.7 Å². The number of rotatable bonds is 3. The summed E-state index contributed by atoms with van der Waals surface area (Å²) in [6.07, 6.45) is 3.93. The van der Waals surface area contributed by atoms with Gasteiger partial charge in [-0.2, -0.15) is 0 Å². The molecule has 112 valence electrons. The van der Waals surface area contributed by atoms with E-state index in [4.69, 9.17) is 4.74 Å². The number of esters is 1. The number of imidazole rings is 1. The Morgan fingerprint density at radius 3 is 2.76 bits per heavy atom. The van der Waals surface area contributed by atoms with Gasteiger partial charge in [-0.3, -0.25) is 4.79 Å². The summed E-state index contributed by atoms with van der Waals surface area (Å²) in [5.74, 6) is -1.86. The van der Waals surface area contributed by atoms with Crippen molar-refractivity contribution < 1.29 is 18.3 Å². The van der Waals surface area contributed by atoms with Gasteiger partial charge >= 0.3 is 5.97 Å². The molecule has 21 heavy (non-hydrogen) atoms.